The highest BCUT2D eigenvalue weighted by molar-refractivity contribution is 6.31. The van der Waals surface area contributed by atoms with Gasteiger partial charge in [-0.3, -0.25) is 9.58 Å². The molecule has 1 aliphatic rings. The van der Waals surface area contributed by atoms with Crippen LogP contribution in [0.4, 0.5) is 0 Å². The molecule has 0 saturated carbocycles. The summed E-state index contributed by atoms with van der Waals surface area (Å²) in [5, 5.41) is 5.59. The van der Waals surface area contributed by atoms with Gasteiger partial charge in [-0.1, -0.05) is 11.6 Å². The molecule has 0 spiro atoms. The predicted molar refractivity (Wildman–Crippen MR) is 81.0 cm³/mol. The number of piperidine rings is 1. The minimum absolute atomic E-state index is 0.286. The zero-order valence-electron chi connectivity index (χ0n) is 12.0. The Hall–Kier alpha value is -0.250. The van der Waals surface area contributed by atoms with Gasteiger partial charge in [0.15, 0.2) is 0 Å². The van der Waals surface area contributed by atoms with E-state index in [0.29, 0.717) is 5.92 Å². The highest BCUT2D eigenvalue weighted by Crippen LogP contribution is 2.27. The molecule has 0 radical (unpaired) electrons. The second-order valence-corrected chi connectivity index (χ2v) is 6.52. The summed E-state index contributed by atoms with van der Waals surface area (Å²) in [5.41, 5.74) is 2.09. The maximum absolute atomic E-state index is 6.36. The first kappa shape index (κ1) is 15.1. The zero-order valence-corrected chi connectivity index (χ0v) is 13.5. The molecule has 108 valence electrons. The van der Waals surface area contributed by atoms with Gasteiger partial charge in [-0.25, -0.2) is 0 Å². The van der Waals surface area contributed by atoms with Gasteiger partial charge in [-0.15, -0.1) is 11.6 Å². The van der Waals surface area contributed by atoms with Crippen LogP contribution in [0.2, 0.25) is 5.02 Å². The number of rotatable bonds is 4. The smallest absolute Gasteiger partial charge is 0.0860 e. The van der Waals surface area contributed by atoms with Gasteiger partial charge in [0, 0.05) is 18.5 Å². The van der Waals surface area contributed by atoms with Crippen molar-refractivity contribution >= 4 is 23.2 Å². The first-order valence-corrected chi connectivity index (χ1v) is 7.92. The molecule has 1 atom stereocenters. The van der Waals surface area contributed by atoms with Crippen LogP contribution < -0.4 is 0 Å². The lowest BCUT2D eigenvalue weighted by molar-refractivity contribution is 0.172. The Labute approximate surface area is 125 Å². The summed E-state index contributed by atoms with van der Waals surface area (Å²) < 4.78 is 2.02. The molecule has 5 heteroatoms. The summed E-state index contributed by atoms with van der Waals surface area (Å²) in [5.74, 6) is 0.659. The van der Waals surface area contributed by atoms with Crippen molar-refractivity contribution in [1.82, 2.24) is 14.7 Å². The third-order valence-electron chi connectivity index (χ3n) is 4.11. The number of likely N-dealkylation sites (tertiary alicyclic amines) is 1. The van der Waals surface area contributed by atoms with Crippen molar-refractivity contribution in [2.45, 2.75) is 52.1 Å². The van der Waals surface area contributed by atoms with Gasteiger partial charge in [-0.05, 0) is 52.6 Å². The van der Waals surface area contributed by atoms with E-state index in [0.717, 1.165) is 42.6 Å². The van der Waals surface area contributed by atoms with Crippen LogP contribution in [0.15, 0.2) is 0 Å². The van der Waals surface area contributed by atoms with Crippen molar-refractivity contribution in [2.75, 3.05) is 13.1 Å². The molecule has 0 aromatic carbocycles. The number of alkyl halides is 1. The fraction of sp³-hybridized carbons (Fsp3) is 0.786. The summed E-state index contributed by atoms with van der Waals surface area (Å²) in [4.78, 5) is 2.46. The van der Waals surface area contributed by atoms with Crippen molar-refractivity contribution in [3.63, 3.8) is 0 Å². The second-order valence-electron chi connectivity index (χ2n) is 5.45. The molecule has 3 nitrogen and oxygen atoms in total. The number of aryl methyl sites for hydroxylation is 2. The highest BCUT2D eigenvalue weighted by Gasteiger charge is 2.24. The van der Waals surface area contributed by atoms with Crippen molar-refractivity contribution in [3.05, 3.63) is 16.4 Å². The third-order valence-corrected chi connectivity index (χ3v) is 4.96. The maximum atomic E-state index is 6.36. The fourth-order valence-corrected chi connectivity index (χ4v) is 3.25. The molecule has 2 heterocycles. The number of nitrogens with zero attached hydrogens (tertiary/aromatic N) is 3. The van der Waals surface area contributed by atoms with Crippen molar-refractivity contribution in [1.29, 1.82) is 0 Å². The van der Waals surface area contributed by atoms with Crippen LogP contribution in [0.3, 0.4) is 0 Å². The lowest BCUT2D eigenvalue weighted by Gasteiger charge is -2.33. The second kappa shape index (κ2) is 6.47. The monoisotopic (exact) mass is 303 g/mol. The van der Waals surface area contributed by atoms with Crippen molar-refractivity contribution in [2.24, 2.45) is 5.92 Å². The fourth-order valence-electron chi connectivity index (χ4n) is 2.80. The van der Waals surface area contributed by atoms with E-state index in [1.165, 1.54) is 12.8 Å². The van der Waals surface area contributed by atoms with Gasteiger partial charge in [0.2, 0.25) is 0 Å². The summed E-state index contributed by atoms with van der Waals surface area (Å²) in [7, 11) is 0. The Morgan fingerprint density at radius 2 is 2.00 bits per heavy atom. The maximum Gasteiger partial charge on any atom is 0.0860 e. The molecule has 1 saturated heterocycles. The highest BCUT2D eigenvalue weighted by atomic mass is 35.5. The lowest BCUT2D eigenvalue weighted by atomic mass is 9.94. The molecule has 19 heavy (non-hydrogen) atoms. The Kier molecular flexibility index (Phi) is 5.15. The molecule has 1 aromatic heterocycles. The van der Waals surface area contributed by atoms with Crippen LogP contribution in [-0.4, -0.2) is 33.1 Å². The van der Waals surface area contributed by atoms with E-state index in [-0.39, 0.29) is 5.38 Å². The van der Waals surface area contributed by atoms with E-state index in [4.69, 9.17) is 23.2 Å². The molecule has 1 fully saturated rings. The number of aromatic nitrogens is 2. The van der Waals surface area contributed by atoms with E-state index in [9.17, 15) is 0 Å². The third kappa shape index (κ3) is 3.45. The molecule has 1 unspecified atom stereocenters. The van der Waals surface area contributed by atoms with E-state index >= 15 is 0 Å². The molecule has 2 rings (SSSR count). The predicted octanol–water partition coefficient (Wildman–Crippen LogP) is 3.70. The largest absolute Gasteiger partial charge is 0.297 e. The van der Waals surface area contributed by atoms with Crippen LogP contribution in [0.1, 0.15) is 38.1 Å². The van der Waals surface area contributed by atoms with Gasteiger partial charge in [-0.2, -0.15) is 5.10 Å². The quantitative estimate of drug-likeness (QED) is 0.791. The van der Waals surface area contributed by atoms with Crippen molar-refractivity contribution in [3.8, 4) is 0 Å². The summed E-state index contributed by atoms with van der Waals surface area (Å²) >= 11 is 12.5. The van der Waals surface area contributed by atoms with Gasteiger partial charge in [0.05, 0.1) is 16.4 Å². The van der Waals surface area contributed by atoms with Gasteiger partial charge in [0.1, 0.15) is 0 Å². The summed E-state index contributed by atoms with van der Waals surface area (Å²) in [6.45, 7) is 10.2. The molecule has 0 aliphatic carbocycles. The van der Waals surface area contributed by atoms with Crippen LogP contribution in [0.5, 0.6) is 0 Å². The van der Waals surface area contributed by atoms with Crippen LogP contribution in [0.25, 0.3) is 0 Å². The Morgan fingerprint density at radius 1 is 1.37 bits per heavy atom. The van der Waals surface area contributed by atoms with Gasteiger partial charge in [0.25, 0.3) is 0 Å². The van der Waals surface area contributed by atoms with E-state index < -0.39 is 0 Å². The van der Waals surface area contributed by atoms with Crippen LogP contribution in [0, 0.1) is 12.8 Å². The Morgan fingerprint density at radius 3 is 2.53 bits per heavy atom. The minimum Gasteiger partial charge on any atom is -0.297 e. The molecule has 0 amide bonds. The Bertz CT molecular complexity index is 421. The van der Waals surface area contributed by atoms with E-state index in [1.807, 2.05) is 11.6 Å². The standard InChI is InChI=1S/C14H23Cl2N3/c1-4-19-13(14(16)11(3)17-19)9-18-7-5-12(6-8-18)10(2)15/h10,12H,4-9H2,1-3H3. The van der Waals surface area contributed by atoms with Crippen LogP contribution in [-0.2, 0) is 13.1 Å². The minimum atomic E-state index is 0.286. The summed E-state index contributed by atoms with van der Waals surface area (Å²) in [6, 6.07) is 0. The molecule has 0 N–H and O–H groups in total. The first-order valence-electron chi connectivity index (χ1n) is 7.11. The molecule has 0 bridgehead atoms. The average Bonchev–Trinajstić information content (AvgIpc) is 2.67. The lowest BCUT2D eigenvalue weighted by Crippen LogP contribution is -2.36. The summed E-state index contributed by atoms with van der Waals surface area (Å²) in [6.07, 6.45) is 2.36. The number of hydrogen-bond acceptors (Lipinski definition) is 2. The first-order chi connectivity index (χ1) is 9.02. The molecule has 1 aromatic rings. The number of halogens is 2. The molecular weight excluding hydrogens is 281 g/mol. The number of hydrogen-bond donors (Lipinski definition) is 0. The van der Waals surface area contributed by atoms with Crippen LogP contribution >= 0.6 is 23.2 Å². The van der Waals surface area contributed by atoms with E-state index in [2.05, 4.69) is 23.8 Å². The average molecular weight is 304 g/mol. The van der Waals surface area contributed by atoms with Gasteiger partial charge >= 0.3 is 0 Å². The normalized spacial score (nSPS) is 19.8. The topological polar surface area (TPSA) is 21.1 Å². The SMILES string of the molecule is CCn1nc(C)c(Cl)c1CN1CCC(C(C)Cl)CC1. The molecule has 1 aliphatic heterocycles. The zero-order chi connectivity index (χ0) is 14.0. The van der Waals surface area contributed by atoms with Crippen molar-refractivity contribution < 1.29 is 0 Å². The van der Waals surface area contributed by atoms with Gasteiger partial charge < -0.3 is 0 Å². The molecular formula is C14H23Cl2N3. The van der Waals surface area contributed by atoms with E-state index in [1.54, 1.807) is 0 Å². The Balaban J connectivity index is 1.99.